The van der Waals surface area contributed by atoms with Gasteiger partial charge in [-0.05, 0) is 32.2 Å². The molecule has 0 amide bonds. The van der Waals surface area contributed by atoms with Crippen LogP contribution in [0.15, 0.2) is 11.4 Å². The van der Waals surface area contributed by atoms with E-state index in [0.717, 1.165) is 5.56 Å². The first kappa shape index (κ1) is 12.8. The van der Waals surface area contributed by atoms with Gasteiger partial charge in [0, 0.05) is 17.5 Å². The van der Waals surface area contributed by atoms with Crippen molar-refractivity contribution in [3.63, 3.8) is 0 Å². The van der Waals surface area contributed by atoms with Crippen LogP contribution in [0.5, 0.6) is 6.01 Å². The lowest BCUT2D eigenvalue weighted by atomic mass is 10.2. The summed E-state index contributed by atoms with van der Waals surface area (Å²) in [5.41, 5.74) is 1.02. The fraction of sp³-hybridized carbons (Fsp3) is 0.417. The third-order valence-electron chi connectivity index (χ3n) is 2.28. The SMILES string of the molecule is CNc1nc(OC(C)C)nc(-c2ccsc2C)n1. The van der Waals surface area contributed by atoms with Gasteiger partial charge in [-0.25, -0.2) is 0 Å². The fourth-order valence-electron chi connectivity index (χ4n) is 1.47. The summed E-state index contributed by atoms with van der Waals surface area (Å²) < 4.78 is 5.54. The number of hydrogen-bond acceptors (Lipinski definition) is 6. The number of thiophene rings is 1. The van der Waals surface area contributed by atoms with Crippen LogP contribution < -0.4 is 10.1 Å². The molecule has 0 unspecified atom stereocenters. The highest BCUT2D eigenvalue weighted by Crippen LogP contribution is 2.26. The number of aromatic nitrogens is 3. The molecule has 5 nitrogen and oxygen atoms in total. The van der Waals surface area contributed by atoms with E-state index in [-0.39, 0.29) is 6.10 Å². The molecule has 96 valence electrons. The Balaban J connectivity index is 2.44. The Morgan fingerprint density at radius 3 is 2.61 bits per heavy atom. The maximum atomic E-state index is 5.54. The molecule has 18 heavy (non-hydrogen) atoms. The lowest BCUT2D eigenvalue weighted by Crippen LogP contribution is -2.11. The topological polar surface area (TPSA) is 59.9 Å². The molecule has 0 bridgehead atoms. The molecule has 2 aromatic heterocycles. The summed E-state index contributed by atoms with van der Waals surface area (Å²) in [5, 5.41) is 4.95. The molecular weight excluding hydrogens is 248 g/mol. The summed E-state index contributed by atoms with van der Waals surface area (Å²) in [6.07, 6.45) is 0.0357. The molecule has 1 N–H and O–H groups in total. The number of nitrogens with one attached hydrogen (secondary N) is 1. The van der Waals surface area contributed by atoms with Crippen LogP contribution in [0.2, 0.25) is 0 Å². The Kier molecular flexibility index (Phi) is 3.76. The lowest BCUT2D eigenvalue weighted by Gasteiger charge is -2.10. The fourth-order valence-corrected chi connectivity index (χ4v) is 2.16. The van der Waals surface area contributed by atoms with Gasteiger partial charge in [-0.2, -0.15) is 15.0 Å². The van der Waals surface area contributed by atoms with Gasteiger partial charge in [-0.1, -0.05) is 0 Å². The standard InChI is InChI=1S/C12H16N4OS/c1-7(2)17-12-15-10(14-11(13-4)16-12)9-5-6-18-8(9)3/h5-7H,1-4H3,(H,13,14,15,16). The number of anilines is 1. The Morgan fingerprint density at radius 1 is 1.28 bits per heavy atom. The zero-order valence-electron chi connectivity index (χ0n) is 10.9. The summed E-state index contributed by atoms with van der Waals surface area (Å²) in [6.45, 7) is 5.93. The van der Waals surface area contributed by atoms with Crippen LogP contribution in [0.3, 0.4) is 0 Å². The molecule has 0 aliphatic carbocycles. The highest BCUT2D eigenvalue weighted by Gasteiger charge is 2.12. The van der Waals surface area contributed by atoms with Gasteiger partial charge in [0.25, 0.3) is 0 Å². The Bertz CT molecular complexity index is 539. The van der Waals surface area contributed by atoms with Gasteiger partial charge in [0.15, 0.2) is 5.82 Å². The average Bonchev–Trinajstić information content (AvgIpc) is 2.74. The van der Waals surface area contributed by atoms with Gasteiger partial charge in [0.1, 0.15) is 0 Å². The van der Waals surface area contributed by atoms with Crippen molar-refractivity contribution in [2.75, 3.05) is 12.4 Å². The summed E-state index contributed by atoms with van der Waals surface area (Å²) in [6, 6.07) is 2.36. The van der Waals surface area contributed by atoms with E-state index in [2.05, 4.69) is 20.3 Å². The van der Waals surface area contributed by atoms with Crippen molar-refractivity contribution in [3.05, 3.63) is 16.3 Å². The predicted octanol–water partition coefficient (Wildman–Crippen LogP) is 2.74. The van der Waals surface area contributed by atoms with Gasteiger partial charge < -0.3 is 10.1 Å². The maximum absolute atomic E-state index is 5.54. The summed E-state index contributed by atoms with van der Waals surface area (Å²) in [7, 11) is 1.78. The van der Waals surface area contributed by atoms with Crippen molar-refractivity contribution in [2.24, 2.45) is 0 Å². The van der Waals surface area contributed by atoms with Crippen LogP contribution in [0.1, 0.15) is 18.7 Å². The van der Waals surface area contributed by atoms with Crippen LogP contribution in [0.25, 0.3) is 11.4 Å². The van der Waals surface area contributed by atoms with Gasteiger partial charge in [-0.3, -0.25) is 0 Å². The minimum absolute atomic E-state index is 0.0357. The molecule has 2 aromatic rings. The molecule has 6 heteroatoms. The van der Waals surface area contributed by atoms with Crippen molar-refractivity contribution in [3.8, 4) is 17.4 Å². The minimum Gasteiger partial charge on any atom is -0.461 e. The van der Waals surface area contributed by atoms with Crippen LogP contribution in [0.4, 0.5) is 5.95 Å². The second kappa shape index (κ2) is 5.30. The molecule has 2 rings (SSSR count). The van der Waals surface area contributed by atoms with Gasteiger partial charge in [-0.15, -0.1) is 11.3 Å². The second-order valence-corrected chi connectivity index (χ2v) is 5.19. The molecule has 0 atom stereocenters. The van der Waals surface area contributed by atoms with Crippen molar-refractivity contribution in [2.45, 2.75) is 26.9 Å². The van der Waals surface area contributed by atoms with Crippen molar-refractivity contribution in [1.82, 2.24) is 15.0 Å². The van der Waals surface area contributed by atoms with Gasteiger partial charge in [0.05, 0.1) is 6.10 Å². The number of ether oxygens (including phenoxy) is 1. The van der Waals surface area contributed by atoms with Crippen LogP contribution in [-0.4, -0.2) is 28.1 Å². The molecule has 0 saturated carbocycles. The zero-order valence-corrected chi connectivity index (χ0v) is 11.7. The third kappa shape index (κ3) is 2.76. The van der Waals surface area contributed by atoms with E-state index in [1.165, 1.54) is 4.88 Å². The number of hydrogen-bond donors (Lipinski definition) is 1. The van der Waals surface area contributed by atoms with E-state index < -0.39 is 0 Å². The Labute approximate surface area is 110 Å². The molecule has 0 aromatic carbocycles. The normalized spacial score (nSPS) is 10.7. The van der Waals surface area contributed by atoms with Crippen LogP contribution in [0, 0.1) is 6.92 Å². The molecule has 0 saturated heterocycles. The monoisotopic (exact) mass is 264 g/mol. The zero-order chi connectivity index (χ0) is 13.1. The minimum atomic E-state index is 0.0357. The third-order valence-corrected chi connectivity index (χ3v) is 3.12. The Hall–Kier alpha value is -1.69. The summed E-state index contributed by atoms with van der Waals surface area (Å²) in [5.74, 6) is 1.16. The molecule has 0 aliphatic rings. The smallest absolute Gasteiger partial charge is 0.322 e. The first-order chi connectivity index (χ1) is 8.60. The number of nitrogens with zero attached hydrogens (tertiary/aromatic N) is 3. The van der Waals surface area contributed by atoms with Crippen molar-refractivity contribution in [1.29, 1.82) is 0 Å². The first-order valence-corrected chi connectivity index (χ1v) is 6.63. The van der Waals surface area contributed by atoms with Crippen molar-refractivity contribution >= 4 is 17.3 Å². The average molecular weight is 264 g/mol. The van der Waals surface area contributed by atoms with Gasteiger partial charge in [0.2, 0.25) is 5.95 Å². The lowest BCUT2D eigenvalue weighted by molar-refractivity contribution is 0.222. The highest BCUT2D eigenvalue weighted by atomic mass is 32.1. The van der Waals surface area contributed by atoms with E-state index in [9.17, 15) is 0 Å². The quantitative estimate of drug-likeness (QED) is 0.920. The van der Waals surface area contributed by atoms with E-state index in [4.69, 9.17) is 4.74 Å². The Morgan fingerprint density at radius 2 is 2.06 bits per heavy atom. The predicted molar refractivity (Wildman–Crippen MR) is 73.2 cm³/mol. The molecule has 0 aliphatic heterocycles. The molecule has 0 spiro atoms. The number of rotatable bonds is 4. The number of aryl methyl sites for hydroxylation is 1. The van der Waals surface area contributed by atoms with E-state index in [0.29, 0.717) is 17.8 Å². The van der Waals surface area contributed by atoms with E-state index in [1.54, 1.807) is 18.4 Å². The van der Waals surface area contributed by atoms with Crippen LogP contribution >= 0.6 is 11.3 Å². The molecule has 0 radical (unpaired) electrons. The maximum Gasteiger partial charge on any atom is 0.322 e. The van der Waals surface area contributed by atoms with Crippen molar-refractivity contribution < 1.29 is 4.74 Å². The second-order valence-electron chi connectivity index (χ2n) is 4.07. The summed E-state index contributed by atoms with van der Waals surface area (Å²) in [4.78, 5) is 14.1. The first-order valence-electron chi connectivity index (χ1n) is 5.75. The molecular formula is C12H16N4OS. The molecule has 0 fully saturated rings. The summed E-state index contributed by atoms with van der Waals surface area (Å²) >= 11 is 1.67. The van der Waals surface area contributed by atoms with E-state index >= 15 is 0 Å². The van der Waals surface area contributed by atoms with Gasteiger partial charge >= 0.3 is 6.01 Å². The largest absolute Gasteiger partial charge is 0.461 e. The highest BCUT2D eigenvalue weighted by molar-refractivity contribution is 7.10. The van der Waals surface area contributed by atoms with E-state index in [1.807, 2.05) is 32.2 Å². The van der Waals surface area contributed by atoms with Crippen LogP contribution in [-0.2, 0) is 0 Å². The molecule has 2 heterocycles.